The zero-order valence-corrected chi connectivity index (χ0v) is 11.6. The van der Waals surface area contributed by atoms with Crippen LogP contribution < -0.4 is 10.5 Å². The highest BCUT2D eigenvalue weighted by Crippen LogP contribution is 2.30. The molecule has 0 aromatic heterocycles. The van der Waals surface area contributed by atoms with Crippen LogP contribution in [0.4, 0.5) is 0 Å². The Hall–Kier alpha value is -1.55. The maximum Gasteiger partial charge on any atom is 0.305 e. The molecule has 0 saturated carbocycles. The Bertz CT molecular complexity index is 471. The fraction of sp³-hybridized carbons (Fsp3) is 0.533. The topological polar surface area (TPSA) is 61.5 Å². The quantitative estimate of drug-likeness (QED) is 0.820. The third-order valence-corrected chi connectivity index (χ3v) is 3.47. The molecular formula is C15H21NO3. The molecule has 0 bridgehead atoms. The van der Waals surface area contributed by atoms with Gasteiger partial charge in [-0.2, -0.15) is 0 Å². The third kappa shape index (κ3) is 3.26. The lowest BCUT2D eigenvalue weighted by molar-refractivity contribution is -0.140. The van der Waals surface area contributed by atoms with Crippen molar-refractivity contribution in [1.29, 1.82) is 0 Å². The number of ether oxygens (including phenoxy) is 2. The zero-order valence-electron chi connectivity index (χ0n) is 11.6. The van der Waals surface area contributed by atoms with E-state index in [2.05, 4.69) is 16.9 Å². The van der Waals surface area contributed by atoms with Crippen molar-refractivity contribution in [3.05, 3.63) is 28.8 Å². The minimum atomic E-state index is -0.195. The van der Waals surface area contributed by atoms with Gasteiger partial charge in [-0.3, -0.25) is 4.79 Å². The number of benzene rings is 1. The minimum Gasteiger partial charge on any atom is -0.494 e. The molecule has 0 fully saturated rings. The molecule has 2 rings (SSSR count). The third-order valence-electron chi connectivity index (χ3n) is 3.47. The van der Waals surface area contributed by atoms with Crippen LogP contribution >= 0.6 is 0 Å². The van der Waals surface area contributed by atoms with E-state index in [9.17, 15) is 4.79 Å². The van der Waals surface area contributed by atoms with E-state index < -0.39 is 0 Å². The number of hydrogen-bond donors (Lipinski definition) is 1. The molecule has 0 aliphatic heterocycles. The summed E-state index contributed by atoms with van der Waals surface area (Å²) >= 11 is 0. The van der Waals surface area contributed by atoms with Gasteiger partial charge in [0.15, 0.2) is 0 Å². The van der Waals surface area contributed by atoms with Gasteiger partial charge < -0.3 is 15.2 Å². The van der Waals surface area contributed by atoms with Crippen molar-refractivity contribution in [3.8, 4) is 5.75 Å². The fourth-order valence-corrected chi connectivity index (χ4v) is 2.56. The summed E-state index contributed by atoms with van der Waals surface area (Å²) in [6.07, 6.45) is 2.84. The molecule has 0 heterocycles. The second kappa shape index (κ2) is 6.06. The molecule has 2 N–H and O–H groups in total. The number of carbonyl (C=O) groups is 1. The zero-order chi connectivity index (χ0) is 13.8. The van der Waals surface area contributed by atoms with Crippen molar-refractivity contribution < 1.29 is 14.3 Å². The standard InChI is InChI=1S/C15H21NO3/c1-3-19-14-9-12-8-13(16)7-11(12)6-10(14)4-5-15(17)18-2/h6,9,13H,3-5,7-8,16H2,1-2H3. The predicted octanol–water partition coefficient (Wildman–Crippen LogP) is 1.62. The van der Waals surface area contributed by atoms with Gasteiger partial charge in [-0.05, 0) is 48.9 Å². The van der Waals surface area contributed by atoms with E-state index in [1.807, 2.05) is 6.92 Å². The van der Waals surface area contributed by atoms with Gasteiger partial charge in [0.2, 0.25) is 0 Å². The summed E-state index contributed by atoms with van der Waals surface area (Å²) in [6, 6.07) is 4.43. The van der Waals surface area contributed by atoms with Gasteiger partial charge in [-0.1, -0.05) is 6.07 Å². The summed E-state index contributed by atoms with van der Waals surface area (Å²) in [5.74, 6) is 0.680. The number of hydrogen-bond acceptors (Lipinski definition) is 4. The van der Waals surface area contributed by atoms with Gasteiger partial charge >= 0.3 is 5.97 Å². The predicted molar refractivity (Wildman–Crippen MR) is 73.3 cm³/mol. The number of aryl methyl sites for hydroxylation is 1. The molecule has 0 saturated heterocycles. The SMILES string of the molecule is CCOc1cc2c(cc1CCC(=O)OC)CC(N)C2. The van der Waals surface area contributed by atoms with E-state index in [0.717, 1.165) is 24.2 Å². The molecule has 4 nitrogen and oxygen atoms in total. The monoisotopic (exact) mass is 263 g/mol. The Morgan fingerprint density at radius 2 is 2.05 bits per heavy atom. The molecule has 4 heteroatoms. The number of carbonyl (C=O) groups excluding carboxylic acids is 1. The first-order chi connectivity index (χ1) is 9.13. The van der Waals surface area contributed by atoms with Crippen LogP contribution in [0.25, 0.3) is 0 Å². The van der Waals surface area contributed by atoms with Gasteiger partial charge in [-0.25, -0.2) is 0 Å². The number of fused-ring (bicyclic) bond motifs is 1. The second-order valence-corrected chi connectivity index (χ2v) is 4.91. The molecule has 1 unspecified atom stereocenters. The van der Waals surface area contributed by atoms with E-state index in [4.69, 9.17) is 10.5 Å². The number of nitrogens with two attached hydrogens (primary N) is 1. The van der Waals surface area contributed by atoms with E-state index in [1.165, 1.54) is 18.2 Å². The molecule has 1 aliphatic carbocycles. The van der Waals surface area contributed by atoms with Crippen molar-refractivity contribution in [3.63, 3.8) is 0 Å². The van der Waals surface area contributed by atoms with E-state index in [1.54, 1.807) is 0 Å². The Morgan fingerprint density at radius 3 is 2.68 bits per heavy atom. The summed E-state index contributed by atoms with van der Waals surface area (Å²) in [5.41, 5.74) is 9.62. The van der Waals surface area contributed by atoms with Crippen molar-refractivity contribution in [2.75, 3.05) is 13.7 Å². The summed E-state index contributed by atoms with van der Waals surface area (Å²) in [4.78, 5) is 11.3. The summed E-state index contributed by atoms with van der Waals surface area (Å²) in [5, 5.41) is 0. The van der Waals surface area contributed by atoms with E-state index in [0.29, 0.717) is 19.4 Å². The lowest BCUT2D eigenvalue weighted by atomic mass is 10.0. The Morgan fingerprint density at radius 1 is 1.37 bits per heavy atom. The molecule has 1 aromatic carbocycles. The van der Waals surface area contributed by atoms with Crippen LogP contribution in [0.1, 0.15) is 30.0 Å². The normalized spacial score (nSPS) is 17.1. The van der Waals surface area contributed by atoms with Crippen LogP contribution in [0.2, 0.25) is 0 Å². The van der Waals surface area contributed by atoms with Crippen LogP contribution in [0.15, 0.2) is 12.1 Å². The first-order valence-electron chi connectivity index (χ1n) is 6.74. The molecule has 19 heavy (non-hydrogen) atoms. The summed E-state index contributed by atoms with van der Waals surface area (Å²) in [6.45, 7) is 2.58. The van der Waals surface area contributed by atoms with Crippen molar-refractivity contribution in [1.82, 2.24) is 0 Å². The molecule has 1 aliphatic rings. The van der Waals surface area contributed by atoms with Crippen LogP contribution in [-0.4, -0.2) is 25.7 Å². The number of methoxy groups -OCH3 is 1. The second-order valence-electron chi connectivity index (χ2n) is 4.91. The molecular weight excluding hydrogens is 242 g/mol. The average molecular weight is 263 g/mol. The smallest absolute Gasteiger partial charge is 0.305 e. The maximum atomic E-state index is 11.3. The average Bonchev–Trinajstić information content (AvgIpc) is 2.75. The van der Waals surface area contributed by atoms with Crippen LogP contribution in [0.5, 0.6) is 5.75 Å². The van der Waals surface area contributed by atoms with Crippen LogP contribution in [0.3, 0.4) is 0 Å². The first-order valence-corrected chi connectivity index (χ1v) is 6.74. The highest BCUT2D eigenvalue weighted by atomic mass is 16.5. The molecule has 0 spiro atoms. The molecule has 0 radical (unpaired) electrons. The van der Waals surface area contributed by atoms with Gasteiger partial charge in [0.1, 0.15) is 5.75 Å². The van der Waals surface area contributed by atoms with E-state index in [-0.39, 0.29) is 12.0 Å². The lowest BCUT2D eigenvalue weighted by Crippen LogP contribution is -2.18. The fourth-order valence-electron chi connectivity index (χ4n) is 2.56. The Labute approximate surface area is 113 Å². The molecule has 1 atom stereocenters. The van der Waals surface area contributed by atoms with Gasteiger partial charge in [0, 0.05) is 12.5 Å². The van der Waals surface area contributed by atoms with Crippen LogP contribution in [0, 0.1) is 0 Å². The maximum absolute atomic E-state index is 11.3. The number of rotatable bonds is 5. The van der Waals surface area contributed by atoms with Crippen molar-refractivity contribution >= 4 is 5.97 Å². The minimum absolute atomic E-state index is 0.195. The van der Waals surface area contributed by atoms with Gasteiger partial charge in [0.25, 0.3) is 0 Å². The Balaban J connectivity index is 2.20. The van der Waals surface area contributed by atoms with E-state index >= 15 is 0 Å². The highest BCUT2D eigenvalue weighted by Gasteiger charge is 2.21. The van der Waals surface area contributed by atoms with Crippen LogP contribution in [-0.2, 0) is 28.8 Å². The summed E-state index contributed by atoms with van der Waals surface area (Å²) in [7, 11) is 1.41. The molecule has 104 valence electrons. The van der Waals surface area contributed by atoms with Crippen molar-refractivity contribution in [2.24, 2.45) is 5.73 Å². The largest absolute Gasteiger partial charge is 0.494 e. The lowest BCUT2D eigenvalue weighted by Gasteiger charge is -2.12. The van der Waals surface area contributed by atoms with Crippen molar-refractivity contribution in [2.45, 2.75) is 38.6 Å². The first kappa shape index (κ1) is 13.9. The molecule has 0 amide bonds. The number of esters is 1. The van der Waals surface area contributed by atoms with Gasteiger partial charge in [0.05, 0.1) is 13.7 Å². The Kier molecular flexibility index (Phi) is 4.43. The van der Waals surface area contributed by atoms with Gasteiger partial charge in [-0.15, -0.1) is 0 Å². The summed E-state index contributed by atoms with van der Waals surface area (Å²) < 4.78 is 10.4. The highest BCUT2D eigenvalue weighted by molar-refractivity contribution is 5.69. The molecule has 1 aromatic rings.